The number of hydrogen-bond acceptors (Lipinski definition) is 4. The van der Waals surface area contributed by atoms with E-state index in [0.29, 0.717) is 38.8 Å². The first-order valence-electron chi connectivity index (χ1n) is 8.01. The van der Waals surface area contributed by atoms with Crippen LogP contribution in [0.1, 0.15) is 38.5 Å². The molecule has 0 saturated heterocycles. The third kappa shape index (κ3) is 4.94. The Balaban J connectivity index is 1.53. The van der Waals surface area contributed by atoms with Crippen molar-refractivity contribution in [1.29, 1.82) is 0 Å². The molecule has 0 radical (unpaired) electrons. The molecular formula is C15H28N2O3. The molecular weight excluding hydrogens is 256 g/mol. The lowest BCUT2D eigenvalue weighted by Gasteiger charge is -2.07. The van der Waals surface area contributed by atoms with Gasteiger partial charge in [-0.05, 0) is 30.6 Å². The first-order chi connectivity index (χ1) is 9.83. The summed E-state index contributed by atoms with van der Waals surface area (Å²) >= 11 is 0. The molecule has 5 heteroatoms. The summed E-state index contributed by atoms with van der Waals surface area (Å²) in [6, 6.07) is 0. The van der Waals surface area contributed by atoms with Gasteiger partial charge in [-0.15, -0.1) is 0 Å². The third-order valence-electron chi connectivity index (χ3n) is 4.52. The van der Waals surface area contributed by atoms with Gasteiger partial charge in [0.1, 0.15) is 0 Å². The molecule has 0 aromatic carbocycles. The van der Waals surface area contributed by atoms with Gasteiger partial charge >= 0.3 is 6.09 Å². The fourth-order valence-electron chi connectivity index (χ4n) is 3.38. The maximum absolute atomic E-state index is 11.5. The number of rotatable bonds is 7. The van der Waals surface area contributed by atoms with Gasteiger partial charge in [0.2, 0.25) is 0 Å². The van der Waals surface area contributed by atoms with Crippen LogP contribution in [0.25, 0.3) is 0 Å². The zero-order valence-corrected chi connectivity index (χ0v) is 12.3. The molecule has 20 heavy (non-hydrogen) atoms. The number of nitrogens with one attached hydrogen (secondary N) is 1. The fourth-order valence-corrected chi connectivity index (χ4v) is 3.38. The molecule has 0 bridgehead atoms. The Labute approximate surface area is 121 Å². The standard InChI is InChI=1S/C15H28N2O3/c16-7-9-19-10-8-17-15(18)20-11-14-12-5-3-1-2-4-6-13(12)14/h12-14H,1-11,16H2,(H,17,18)/t12-,13+,14?. The number of alkyl carbamates (subject to hydrolysis) is 1. The molecule has 0 heterocycles. The fraction of sp³-hybridized carbons (Fsp3) is 0.933. The van der Waals surface area contributed by atoms with Gasteiger partial charge in [0, 0.05) is 13.1 Å². The van der Waals surface area contributed by atoms with E-state index in [1.165, 1.54) is 38.5 Å². The van der Waals surface area contributed by atoms with E-state index in [2.05, 4.69) is 5.32 Å². The number of amides is 1. The van der Waals surface area contributed by atoms with Crippen LogP contribution in [0.4, 0.5) is 4.79 Å². The van der Waals surface area contributed by atoms with Gasteiger partial charge in [0.05, 0.1) is 19.8 Å². The maximum atomic E-state index is 11.5. The molecule has 2 rings (SSSR count). The Morgan fingerprint density at radius 2 is 1.80 bits per heavy atom. The summed E-state index contributed by atoms with van der Waals surface area (Å²) in [5.41, 5.74) is 5.30. The Bertz CT molecular complexity index is 285. The highest BCUT2D eigenvalue weighted by atomic mass is 16.5. The third-order valence-corrected chi connectivity index (χ3v) is 4.52. The second-order valence-electron chi connectivity index (χ2n) is 5.91. The summed E-state index contributed by atoms with van der Waals surface area (Å²) in [5, 5.41) is 2.70. The van der Waals surface area contributed by atoms with Crippen molar-refractivity contribution in [3.05, 3.63) is 0 Å². The molecule has 1 amide bonds. The molecule has 1 unspecified atom stereocenters. The molecule has 0 aromatic rings. The number of ether oxygens (including phenoxy) is 2. The predicted molar refractivity (Wildman–Crippen MR) is 77.4 cm³/mol. The van der Waals surface area contributed by atoms with Crippen LogP contribution >= 0.6 is 0 Å². The van der Waals surface area contributed by atoms with Crippen LogP contribution in [-0.4, -0.2) is 39.0 Å². The number of carbonyl (C=O) groups is 1. The lowest BCUT2D eigenvalue weighted by molar-refractivity contribution is 0.121. The summed E-state index contributed by atoms with van der Waals surface area (Å²) in [6.07, 6.45) is 7.78. The highest BCUT2D eigenvalue weighted by molar-refractivity contribution is 5.67. The van der Waals surface area contributed by atoms with Crippen LogP contribution in [0.3, 0.4) is 0 Å². The normalized spacial score (nSPS) is 28.9. The largest absolute Gasteiger partial charge is 0.449 e. The molecule has 3 N–H and O–H groups in total. The van der Waals surface area contributed by atoms with Gasteiger partial charge in [0.15, 0.2) is 0 Å². The number of nitrogens with two attached hydrogens (primary N) is 1. The van der Waals surface area contributed by atoms with E-state index < -0.39 is 0 Å². The van der Waals surface area contributed by atoms with Crippen molar-refractivity contribution in [2.45, 2.75) is 38.5 Å². The van der Waals surface area contributed by atoms with Crippen molar-refractivity contribution in [1.82, 2.24) is 5.32 Å². The summed E-state index contributed by atoms with van der Waals surface area (Å²) < 4.78 is 10.5. The van der Waals surface area contributed by atoms with Gasteiger partial charge in [-0.1, -0.05) is 25.7 Å². The monoisotopic (exact) mass is 284 g/mol. The van der Waals surface area contributed by atoms with Crippen LogP contribution in [0.2, 0.25) is 0 Å². The molecule has 2 saturated carbocycles. The highest BCUT2D eigenvalue weighted by Gasteiger charge is 2.49. The summed E-state index contributed by atoms with van der Waals surface area (Å²) in [7, 11) is 0. The van der Waals surface area contributed by atoms with Gasteiger partial charge in [-0.2, -0.15) is 0 Å². The van der Waals surface area contributed by atoms with E-state index in [9.17, 15) is 4.79 Å². The Morgan fingerprint density at radius 1 is 1.10 bits per heavy atom. The summed E-state index contributed by atoms with van der Waals surface area (Å²) in [5.74, 6) is 2.25. The van der Waals surface area contributed by atoms with Crippen molar-refractivity contribution < 1.29 is 14.3 Å². The van der Waals surface area contributed by atoms with E-state index in [-0.39, 0.29) is 6.09 Å². The van der Waals surface area contributed by atoms with Crippen molar-refractivity contribution >= 4 is 6.09 Å². The second kappa shape index (κ2) is 8.47. The van der Waals surface area contributed by atoms with Crippen LogP contribution in [0.5, 0.6) is 0 Å². The zero-order chi connectivity index (χ0) is 14.2. The van der Waals surface area contributed by atoms with Crippen molar-refractivity contribution in [3.63, 3.8) is 0 Å². The lowest BCUT2D eigenvalue weighted by Crippen LogP contribution is -2.29. The predicted octanol–water partition coefficient (Wildman–Crippen LogP) is 1.90. The number of fused-ring (bicyclic) bond motifs is 1. The van der Waals surface area contributed by atoms with E-state index in [0.717, 1.165) is 11.8 Å². The van der Waals surface area contributed by atoms with E-state index in [4.69, 9.17) is 15.2 Å². The molecule has 2 aliphatic carbocycles. The van der Waals surface area contributed by atoms with Crippen molar-refractivity contribution in [2.75, 3.05) is 32.9 Å². The smallest absolute Gasteiger partial charge is 0.407 e. The molecule has 0 aromatic heterocycles. The molecule has 5 nitrogen and oxygen atoms in total. The van der Waals surface area contributed by atoms with Crippen LogP contribution in [0, 0.1) is 17.8 Å². The zero-order valence-electron chi connectivity index (χ0n) is 12.3. The average Bonchev–Trinajstić information content (AvgIpc) is 3.06. The minimum absolute atomic E-state index is 0.319. The quantitative estimate of drug-likeness (QED) is 0.700. The van der Waals surface area contributed by atoms with Gasteiger partial charge in [-0.3, -0.25) is 0 Å². The van der Waals surface area contributed by atoms with Gasteiger partial charge in [-0.25, -0.2) is 4.79 Å². The van der Waals surface area contributed by atoms with E-state index in [1.807, 2.05) is 0 Å². The number of hydrogen-bond donors (Lipinski definition) is 2. The molecule has 0 aliphatic heterocycles. The Hall–Kier alpha value is -0.810. The van der Waals surface area contributed by atoms with Gasteiger partial charge < -0.3 is 20.5 Å². The Kier molecular flexibility index (Phi) is 6.60. The maximum Gasteiger partial charge on any atom is 0.407 e. The molecule has 0 spiro atoms. The summed E-state index contributed by atoms with van der Waals surface area (Å²) in [4.78, 5) is 11.5. The second-order valence-corrected chi connectivity index (χ2v) is 5.91. The average molecular weight is 284 g/mol. The first-order valence-corrected chi connectivity index (χ1v) is 8.01. The van der Waals surface area contributed by atoms with Crippen molar-refractivity contribution in [2.24, 2.45) is 23.5 Å². The molecule has 2 fully saturated rings. The first kappa shape index (κ1) is 15.6. The van der Waals surface area contributed by atoms with Crippen LogP contribution < -0.4 is 11.1 Å². The summed E-state index contributed by atoms with van der Waals surface area (Å²) in [6.45, 7) is 2.60. The highest BCUT2D eigenvalue weighted by Crippen LogP contribution is 2.53. The minimum Gasteiger partial charge on any atom is -0.449 e. The van der Waals surface area contributed by atoms with Crippen LogP contribution in [0.15, 0.2) is 0 Å². The van der Waals surface area contributed by atoms with E-state index in [1.54, 1.807) is 0 Å². The lowest BCUT2D eigenvalue weighted by atomic mass is 10.0. The SMILES string of the molecule is NCCOCCNC(=O)OCC1[C@H]2CCCCCC[C@@H]12. The van der Waals surface area contributed by atoms with E-state index >= 15 is 0 Å². The number of carbonyl (C=O) groups excluding carboxylic acids is 1. The minimum atomic E-state index is -0.319. The van der Waals surface area contributed by atoms with Crippen molar-refractivity contribution in [3.8, 4) is 0 Å². The van der Waals surface area contributed by atoms with Gasteiger partial charge in [0.25, 0.3) is 0 Å². The topological polar surface area (TPSA) is 73.6 Å². The Morgan fingerprint density at radius 3 is 2.45 bits per heavy atom. The van der Waals surface area contributed by atoms with Crippen LogP contribution in [-0.2, 0) is 9.47 Å². The molecule has 116 valence electrons. The molecule has 2 aliphatic rings. The molecule has 3 atom stereocenters.